The molecule has 0 saturated carbocycles. The van der Waals surface area contributed by atoms with Gasteiger partial charge in [-0.05, 0) is 36.4 Å². The Hall–Kier alpha value is -3.85. The summed E-state index contributed by atoms with van der Waals surface area (Å²) >= 11 is 1.54. The largest absolute Gasteiger partial charge is 0.352 e. The van der Waals surface area contributed by atoms with E-state index in [0.717, 1.165) is 11.4 Å². The zero-order valence-corrected chi connectivity index (χ0v) is 16.7. The van der Waals surface area contributed by atoms with Gasteiger partial charge in [-0.15, -0.1) is 11.3 Å². The Morgan fingerprint density at radius 3 is 2.63 bits per heavy atom. The molecule has 8 nitrogen and oxygen atoms in total. The number of amides is 2. The van der Waals surface area contributed by atoms with Gasteiger partial charge in [0, 0.05) is 36.3 Å². The van der Waals surface area contributed by atoms with Crippen LogP contribution >= 0.6 is 11.3 Å². The van der Waals surface area contributed by atoms with Gasteiger partial charge in [0.05, 0.1) is 40.5 Å². The molecule has 0 aliphatic rings. The lowest BCUT2D eigenvalue weighted by Gasteiger charge is -2.06. The molecule has 1 aromatic carbocycles. The van der Waals surface area contributed by atoms with Crippen molar-refractivity contribution in [1.82, 2.24) is 25.1 Å². The van der Waals surface area contributed by atoms with E-state index in [-0.39, 0.29) is 11.8 Å². The number of hydrogen-bond acceptors (Lipinski definition) is 6. The second kappa shape index (κ2) is 9.10. The van der Waals surface area contributed by atoms with E-state index in [9.17, 15) is 9.59 Å². The van der Waals surface area contributed by atoms with Crippen LogP contribution in [0, 0.1) is 0 Å². The van der Waals surface area contributed by atoms with Crippen LogP contribution in [0.5, 0.6) is 0 Å². The molecule has 9 heteroatoms. The molecule has 0 bridgehead atoms. The summed E-state index contributed by atoms with van der Waals surface area (Å²) in [4.78, 5) is 32.6. The van der Waals surface area contributed by atoms with Gasteiger partial charge < -0.3 is 10.6 Å². The summed E-state index contributed by atoms with van der Waals surface area (Å²) in [5.74, 6) is -0.394. The third-order valence-corrected chi connectivity index (χ3v) is 4.94. The molecule has 0 aliphatic heterocycles. The fourth-order valence-electron chi connectivity index (χ4n) is 2.76. The van der Waals surface area contributed by atoms with E-state index >= 15 is 0 Å². The molecule has 3 heterocycles. The lowest BCUT2D eigenvalue weighted by molar-refractivity contribution is 0.0953. The number of rotatable bonds is 7. The van der Waals surface area contributed by atoms with Gasteiger partial charge >= 0.3 is 0 Å². The van der Waals surface area contributed by atoms with Crippen LogP contribution in [0.25, 0.3) is 5.69 Å². The lowest BCUT2D eigenvalue weighted by atomic mass is 10.2. The minimum Gasteiger partial charge on any atom is -0.352 e. The van der Waals surface area contributed by atoms with E-state index in [0.29, 0.717) is 29.8 Å². The zero-order chi connectivity index (χ0) is 20.8. The van der Waals surface area contributed by atoms with Gasteiger partial charge in [-0.25, -0.2) is 9.67 Å². The molecule has 0 aliphatic carbocycles. The van der Waals surface area contributed by atoms with Crippen molar-refractivity contribution in [3.8, 4) is 5.69 Å². The number of nitrogens with one attached hydrogen (secondary N) is 2. The molecular weight excluding hydrogens is 400 g/mol. The highest BCUT2D eigenvalue weighted by atomic mass is 32.1. The fraction of sp³-hybridized carbons (Fsp3) is 0.0952. The Balaban J connectivity index is 1.35. The van der Waals surface area contributed by atoms with E-state index in [1.807, 2.05) is 5.38 Å². The summed E-state index contributed by atoms with van der Waals surface area (Å²) in [6.07, 6.45) is 7.08. The lowest BCUT2D eigenvalue weighted by Crippen LogP contribution is -2.25. The zero-order valence-electron chi connectivity index (χ0n) is 15.9. The summed E-state index contributed by atoms with van der Waals surface area (Å²) in [5, 5.41) is 11.9. The number of carbonyl (C=O) groups is 2. The van der Waals surface area contributed by atoms with E-state index in [4.69, 9.17) is 0 Å². The van der Waals surface area contributed by atoms with Crippen molar-refractivity contribution >= 4 is 28.8 Å². The molecule has 4 aromatic rings. The van der Waals surface area contributed by atoms with Crippen LogP contribution in [0.4, 0.5) is 5.69 Å². The number of benzene rings is 1. The topological polar surface area (TPSA) is 102 Å². The Labute approximate surface area is 176 Å². The molecule has 30 heavy (non-hydrogen) atoms. The quantitative estimate of drug-likeness (QED) is 0.480. The first kappa shape index (κ1) is 19.5. The van der Waals surface area contributed by atoms with Crippen LogP contribution in [-0.2, 0) is 6.42 Å². The Bertz CT molecular complexity index is 1120. The predicted molar refractivity (Wildman–Crippen MR) is 114 cm³/mol. The SMILES string of the molecule is O=C(NCCc1cscn1)c1ccc(-n2cc(NC(=O)c3cccnc3)cn2)cc1. The summed E-state index contributed by atoms with van der Waals surface area (Å²) in [7, 11) is 0. The van der Waals surface area contributed by atoms with E-state index < -0.39 is 0 Å². The van der Waals surface area contributed by atoms with Gasteiger partial charge in [-0.1, -0.05) is 0 Å². The number of hydrogen-bond donors (Lipinski definition) is 2. The second-order valence-corrected chi connectivity index (χ2v) is 7.12. The maximum absolute atomic E-state index is 12.3. The van der Waals surface area contributed by atoms with Crippen molar-refractivity contribution in [2.75, 3.05) is 11.9 Å². The minimum absolute atomic E-state index is 0.137. The highest BCUT2D eigenvalue weighted by Gasteiger charge is 2.09. The van der Waals surface area contributed by atoms with Crippen LogP contribution in [0.3, 0.4) is 0 Å². The molecule has 0 radical (unpaired) electrons. The molecule has 0 unspecified atom stereocenters. The Morgan fingerprint density at radius 1 is 1.03 bits per heavy atom. The summed E-state index contributed by atoms with van der Waals surface area (Å²) < 4.78 is 1.63. The van der Waals surface area contributed by atoms with Crippen molar-refractivity contribution in [3.63, 3.8) is 0 Å². The molecular formula is C21H18N6O2S. The standard InChI is InChI=1S/C21H18N6O2S/c28-20(23-9-7-17-13-30-14-24-17)15-3-5-19(6-4-15)27-12-18(11-25-27)26-21(29)16-2-1-8-22-10-16/h1-6,8,10-14H,7,9H2,(H,23,28)(H,26,29). The maximum atomic E-state index is 12.3. The fourth-order valence-corrected chi connectivity index (χ4v) is 3.35. The van der Waals surface area contributed by atoms with Crippen molar-refractivity contribution in [2.24, 2.45) is 0 Å². The van der Waals surface area contributed by atoms with Gasteiger partial charge in [0.15, 0.2) is 0 Å². The normalized spacial score (nSPS) is 10.5. The smallest absolute Gasteiger partial charge is 0.257 e. The first-order chi connectivity index (χ1) is 14.7. The van der Waals surface area contributed by atoms with Crippen molar-refractivity contribution < 1.29 is 9.59 Å². The molecule has 0 spiro atoms. The molecule has 4 rings (SSSR count). The first-order valence-electron chi connectivity index (χ1n) is 9.21. The van der Waals surface area contributed by atoms with Gasteiger partial charge in [-0.2, -0.15) is 5.10 Å². The summed E-state index contributed by atoms with van der Waals surface area (Å²) in [6.45, 7) is 0.531. The predicted octanol–water partition coefficient (Wildman–Crippen LogP) is 2.95. The van der Waals surface area contributed by atoms with E-state index in [2.05, 4.69) is 25.7 Å². The average molecular weight is 418 g/mol. The maximum Gasteiger partial charge on any atom is 0.257 e. The Morgan fingerprint density at radius 2 is 1.90 bits per heavy atom. The number of pyridine rings is 1. The van der Waals surface area contributed by atoms with Crippen molar-refractivity contribution in [2.45, 2.75) is 6.42 Å². The molecule has 3 aromatic heterocycles. The third-order valence-electron chi connectivity index (χ3n) is 4.31. The number of thiazole rings is 1. The van der Waals surface area contributed by atoms with Crippen LogP contribution < -0.4 is 10.6 Å². The average Bonchev–Trinajstić information content (AvgIpc) is 3.47. The van der Waals surface area contributed by atoms with Gasteiger partial charge in [0.1, 0.15) is 0 Å². The molecule has 150 valence electrons. The van der Waals surface area contributed by atoms with Crippen molar-refractivity contribution in [3.05, 3.63) is 88.9 Å². The van der Waals surface area contributed by atoms with Crippen LogP contribution in [0.2, 0.25) is 0 Å². The van der Waals surface area contributed by atoms with E-state index in [1.165, 1.54) is 17.5 Å². The monoisotopic (exact) mass is 418 g/mol. The number of anilines is 1. The molecule has 0 fully saturated rings. The molecule has 2 amide bonds. The molecule has 2 N–H and O–H groups in total. The van der Waals surface area contributed by atoms with Crippen LogP contribution in [0.1, 0.15) is 26.4 Å². The van der Waals surface area contributed by atoms with Gasteiger partial charge in [0.2, 0.25) is 0 Å². The van der Waals surface area contributed by atoms with E-state index in [1.54, 1.807) is 65.2 Å². The number of carbonyl (C=O) groups excluding carboxylic acids is 2. The van der Waals surface area contributed by atoms with Crippen LogP contribution in [0.15, 0.2) is 72.1 Å². The highest BCUT2D eigenvalue weighted by molar-refractivity contribution is 7.07. The van der Waals surface area contributed by atoms with Crippen LogP contribution in [-0.4, -0.2) is 38.1 Å². The second-order valence-electron chi connectivity index (χ2n) is 6.40. The Kier molecular flexibility index (Phi) is 5.90. The van der Waals surface area contributed by atoms with Gasteiger partial charge in [0.25, 0.3) is 11.8 Å². The molecule has 0 saturated heterocycles. The highest BCUT2D eigenvalue weighted by Crippen LogP contribution is 2.14. The summed E-state index contributed by atoms with van der Waals surface area (Å²) in [5.41, 5.74) is 5.12. The number of aromatic nitrogens is 4. The number of nitrogens with zero attached hydrogens (tertiary/aromatic N) is 4. The third kappa shape index (κ3) is 4.76. The van der Waals surface area contributed by atoms with Gasteiger partial charge in [-0.3, -0.25) is 14.6 Å². The van der Waals surface area contributed by atoms with Crippen molar-refractivity contribution in [1.29, 1.82) is 0 Å². The first-order valence-corrected chi connectivity index (χ1v) is 10.1. The summed E-state index contributed by atoms with van der Waals surface area (Å²) in [6, 6.07) is 10.5. The molecule has 0 atom stereocenters. The minimum atomic E-state index is -0.257.